The third-order valence-corrected chi connectivity index (χ3v) is 4.86. The fourth-order valence-electron chi connectivity index (χ4n) is 3.27. The van der Waals surface area contributed by atoms with Crippen molar-refractivity contribution < 1.29 is 0 Å². The van der Waals surface area contributed by atoms with Crippen molar-refractivity contribution in [2.75, 3.05) is 0 Å². The van der Waals surface area contributed by atoms with E-state index in [1.807, 2.05) is 0 Å². The maximum Gasteiger partial charge on any atom is 0.0101 e. The molecule has 0 aliphatic heterocycles. The molecular weight excluding hydrogens is 134 g/mol. The lowest BCUT2D eigenvalue weighted by atomic mass is 9.69. The van der Waals surface area contributed by atoms with Gasteiger partial charge >= 0.3 is 0 Å². The van der Waals surface area contributed by atoms with Crippen LogP contribution in [0.5, 0.6) is 0 Å². The second kappa shape index (κ2) is 1.82. The molecular formula is C10H19N. The number of rotatable bonds is 0. The third-order valence-electron chi connectivity index (χ3n) is 4.86. The molecule has 2 bridgehead atoms. The van der Waals surface area contributed by atoms with Gasteiger partial charge in [0.05, 0.1) is 0 Å². The van der Waals surface area contributed by atoms with E-state index in [0.29, 0.717) is 16.9 Å². The van der Waals surface area contributed by atoms with E-state index >= 15 is 0 Å². The summed E-state index contributed by atoms with van der Waals surface area (Å²) in [4.78, 5) is 0. The van der Waals surface area contributed by atoms with Gasteiger partial charge in [0.2, 0.25) is 0 Å². The van der Waals surface area contributed by atoms with Crippen molar-refractivity contribution in [2.24, 2.45) is 22.5 Å². The Morgan fingerprint density at radius 2 is 1.91 bits per heavy atom. The van der Waals surface area contributed by atoms with Crippen molar-refractivity contribution in [1.82, 2.24) is 0 Å². The Kier molecular flexibility index (Phi) is 1.26. The summed E-state index contributed by atoms with van der Waals surface area (Å²) in [6.45, 7) is 7.18. The fourth-order valence-corrected chi connectivity index (χ4v) is 3.27. The first-order valence-corrected chi connectivity index (χ1v) is 4.74. The normalized spacial score (nSPS) is 53.5. The summed E-state index contributed by atoms with van der Waals surface area (Å²) in [5.74, 6) is 0.905. The molecule has 1 nitrogen and oxygen atoms in total. The molecule has 2 saturated carbocycles. The lowest BCUT2D eigenvalue weighted by molar-refractivity contribution is 0.136. The molecule has 2 N–H and O–H groups in total. The fraction of sp³-hybridized carbons (Fsp3) is 1.00. The topological polar surface area (TPSA) is 26.0 Å². The second-order valence-corrected chi connectivity index (χ2v) is 5.22. The van der Waals surface area contributed by atoms with E-state index in [1.165, 1.54) is 19.3 Å². The van der Waals surface area contributed by atoms with Crippen LogP contribution in [0.4, 0.5) is 0 Å². The number of fused-ring (bicyclic) bond motifs is 2. The van der Waals surface area contributed by atoms with Crippen LogP contribution in [0.3, 0.4) is 0 Å². The van der Waals surface area contributed by atoms with Gasteiger partial charge in [-0.1, -0.05) is 20.8 Å². The Labute approximate surface area is 69.4 Å². The van der Waals surface area contributed by atoms with Crippen LogP contribution in [-0.4, -0.2) is 6.04 Å². The third kappa shape index (κ3) is 0.658. The highest BCUT2D eigenvalue weighted by Crippen LogP contribution is 2.64. The molecule has 2 aliphatic carbocycles. The molecule has 0 amide bonds. The molecule has 0 spiro atoms. The molecule has 0 unspecified atom stereocenters. The van der Waals surface area contributed by atoms with E-state index in [4.69, 9.17) is 5.73 Å². The van der Waals surface area contributed by atoms with Crippen LogP contribution >= 0.6 is 0 Å². The van der Waals surface area contributed by atoms with Gasteiger partial charge in [0.1, 0.15) is 0 Å². The highest BCUT2D eigenvalue weighted by atomic mass is 14.8. The zero-order chi connectivity index (χ0) is 8.28. The average molecular weight is 153 g/mol. The van der Waals surface area contributed by atoms with E-state index in [-0.39, 0.29) is 0 Å². The van der Waals surface area contributed by atoms with E-state index in [1.54, 1.807) is 0 Å². The molecule has 0 aromatic rings. The SMILES string of the molecule is CC1(C)[C@H]2CC[C@@]1(C)[C@@H](N)C2. The Bertz CT molecular complexity index is 185. The molecule has 11 heavy (non-hydrogen) atoms. The first kappa shape index (κ1) is 7.60. The highest BCUT2D eigenvalue weighted by molar-refractivity contribution is 5.11. The van der Waals surface area contributed by atoms with Crippen LogP contribution in [0.2, 0.25) is 0 Å². The molecule has 2 aliphatic rings. The summed E-state index contributed by atoms with van der Waals surface area (Å²) < 4.78 is 0. The van der Waals surface area contributed by atoms with E-state index in [2.05, 4.69) is 20.8 Å². The van der Waals surface area contributed by atoms with Gasteiger partial charge < -0.3 is 5.73 Å². The van der Waals surface area contributed by atoms with Gasteiger partial charge in [-0.15, -0.1) is 0 Å². The van der Waals surface area contributed by atoms with Crippen molar-refractivity contribution in [3.8, 4) is 0 Å². The Balaban J connectivity index is 2.40. The van der Waals surface area contributed by atoms with Gasteiger partial charge in [-0.05, 0) is 36.0 Å². The zero-order valence-electron chi connectivity index (χ0n) is 7.85. The lowest BCUT2D eigenvalue weighted by Gasteiger charge is -2.37. The maximum absolute atomic E-state index is 6.13. The first-order chi connectivity index (χ1) is 4.98. The van der Waals surface area contributed by atoms with Crippen LogP contribution in [0, 0.1) is 16.7 Å². The van der Waals surface area contributed by atoms with Gasteiger partial charge in [-0.2, -0.15) is 0 Å². The quantitative estimate of drug-likeness (QED) is 0.567. The van der Waals surface area contributed by atoms with Crippen molar-refractivity contribution >= 4 is 0 Å². The smallest absolute Gasteiger partial charge is 0.0101 e. The Hall–Kier alpha value is -0.0400. The minimum absolute atomic E-state index is 0.442. The van der Waals surface area contributed by atoms with Crippen molar-refractivity contribution in [2.45, 2.75) is 46.1 Å². The number of hydrogen-bond donors (Lipinski definition) is 1. The molecule has 0 radical (unpaired) electrons. The molecule has 1 heteroatoms. The molecule has 0 heterocycles. The Morgan fingerprint density at radius 3 is 2.09 bits per heavy atom. The summed E-state index contributed by atoms with van der Waals surface area (Å²) >= 11 is 0. The summed E-state index contributed by atoms with van der Waals surface area (Å²) in [7, 11) is 0. The van der Waals surface area contributed by atoms with Crippen molar-refractivity contribution in [1.29, 1.82) is 0 Å². The second-order valence-electron chi connectivity index (χ2n) is 5.22. The van der Waals surface area contributed by atoms with E-state index in [0.717, 1.165) is 5.92 Å². The van der Waals surface area contributed by atoms with Crippen LogP contribution in [0.1, 0.15) is 40.0 Å². The molecule has 0 aromatic carbocycles. The van der Waals surface area contributed by atoms with Crippen molar-refractivity contribution in [3.05, 3.63) is 0 Å². The summed E-state index contributed by atoms with van der Waals surface area (Å²) in [6, 6.07) is 0.469. The van der Waals surface area contributed by atoms with Gasteiger partial charge in [0.15, 0.2) is 0 Å². The summed E-state index contributed by atoms with van der Waals surface area (Å²) in [6.07, 6.45) is 4.03. The lowest BCUT2D eigenvalue weighted by Crippen LogP contribution is -2.40. The van der Waals surface area contributed by atoms with Crippen LogP contribution in [0.25, 0.3) is 0 Å². The molecule has 3 atom stereocenters. The first-order valence-electron chi connectivity index (χ1n) is 4.74. The van der Waals surface area contributed by atoms with Gasteiger partial charge in [-0.25, -0.2) is 0 Å². The minimum Gasteiger partial charge on any atom is -0.327 e. The Morgan fingerprint density at radius 1 is 1.27 bits per heavy atom. The molecule has 0 aromatic heterocycles. The minimum atomic E-state index is 0.442. The average Bonchev–Trinajstić information content (AvgIpc) is 2.20. The molecule has 2 rings (SSSR count). The predicted molar refractivity (Wildman–Crippen MR) is 47.2 cm³/mol. The highest BCUT2D eigenvalue weighted by Gasteiger charge is 2.59. The van der Waals surface area contributed by atoms with Gasteiger partial charge in [0, 0.05) is 6.04 Å². The molecule has 0 saturated heterocycles. The molecule has 2 fully saturated rings. The summed E-state index contributed by atoms with van der Waals surface area (Å²) in [5, 5.41) is 0. The number of hydrogen-bond acceptors (Lipinski definition) is 1. The molecule has 64 valence electrons. The van der Waals surface area contributed by atoms with Crippen LogP contribution in [-0.2, 0) is 0 Å². The maximum atomic E-state index is 6.13. The van der Waals surface area contributed by atoms with Crippen LogP contribution in [0.15, 0.2) is 0 Å². The van der Waals surface area contributed by atoms with Crippen LogP contribution < -0.4 is 5.73 Å². The zero-order valence-corrected chi connectivity index (χ0v) is 7.85. The largest absolute Gasteiger partial charge is 0.327 e. The van der Waals surface area contributed by atoms with Gasteiger partial charge in [-0.3, -0.25) is 0 Å². The van der Waals surface area contributed by atoms with Gasteiger partial charge in [0.25, 0.3) is 0 Å². The van der Waals surface area contributed by atoms with E-state index in [9.17, 15) is 0 Å². The van der Waals surface area contributed by atoms with Crippen molar-refractivity contribution in [3.63, 3.8) is 0 Å². The predicted octanol–water partition coefficient (Wildman–Crippen LogP) is 2.16. The van der Waals surface area contributed by atoms with E-state index < -0.39 is 0 Å². The monoisotopic (exact) mass is 153 g/mol. The summed E-state index contributed by atoms with van der Waals surface area (Å²) in [5.41, 5.74) is 7.08. The standard InChI is InChI=1S/C10H19N/c1-9(2)7-4-5-10(9,3)8(11)6-7/h7-8H,4-6,11H2,1-3H3/t7-,8-,10-/m0/s1. The number of nitrogens with two attached hydrogens (primary N) is 1.